The SMILES string of the molecule is [2H][C@](O)(CN(CC(C)C)S(=O)(=O)c1ccc2c(c1)OCO2)[C@H](Cc1ccc(OCc2csc(C)n2)cc1)NC(=O)O[C@@]1([2H])CO[C@H]2OCC[C@H]21. The van der Waals surface area contributed by atoms with Crippen LogP contribution in [0.5, 0.6) is 17.2 Å². The lowest BCUT2D eigenvalue weighted by Crippen LogP contribution is -2.51. The maximum absolute atomic E-state index is 14.0. The third-order valence-corrected chi connectivity index (χ3v) is 10.7. The van der Waals surface area contributed by atoms with E-state index in [-0.39, 0.29) is 49.5 Å². The fourth-order valence-electron chi connectivity index (χ4n) is 5.68. The van der Waals surface area contributed by atoms with Crippen molar-refractivity contribution in [1.29, 1.82) is 0 Å². The molecule has 3 aromatic rings. The molecule has 0 bridgehead atoms. The molecule has 6 rings (SSSR count). The van der Waals surface area contributed by atoms with Gasteiger partial charge in [-0.05, 0) is 55.5 Å². The zero-order chi connectivity index (χ0) is 35.7. The Morgan fingerprint density at radius 3 is 2.73 bits per heavy atom. The minimum atomic E-state index is -4.26. The van der Waals surface area contributed by atoms with Crippen molar-refractivity contribution >= 4 is 27.5 Å². The molecule has 5 atom stereocenters. The molecule has 260 valence electrons. The highest BCUT2D eigenvalue weighted by Gasteiger charge is 2.44. The van der Waals surface area contributed by atoms with Gasteiger partial charge in [0.2, 0.25) is 16.8 Å². The molecule has 0 saturated carbocycles. The number of hydrogen-bond donors (Lipinski definition) is 2. The topological polar surface area (TPSA) is 155 Å². The second kappa shape index (κ2) is 15.0. The van der Waals surface area contributed by atoms with E-state index in [0.29, 0.717) is 30.1 Å². The van der Waals surface area contributed by atoms with Gasteiger partial charge < -0.3 is 38.8 Å². The van der Waals surface area contributed by atoms with E-state index in [1.807, 2.05) is 26.2 Å². The van der Waals surface area contributed by atoms with Crippen LogP contribution < -0.4 is 19.5 Å². The number of aliphatic hydroxyl groups is 1. The van der Waals surface area contributed by atoms with Gasteiger partial charge in [-0.2, -0.15) is 4.31 Å². The highest BCUT2D eigenvalue weighted by atomic mass is 32.2. The van der Waals surface area contributed by atoms with Crippen molar-refractivity contribution in [2.45, 2.75) is 69.6 Å². The van der Waals surface area contributed by atoms with E-state index < -0.39 is 53.1 Å². The van der Waals surface area contributed by atoms with E-state index in [1.165, 1.54) is 29.5 Å². The maximum Gasteiger partial charge on any atom is 0.407 e. The molecule has 2 saturated heterocycles. The van der Waals surface area contributed by atoms with Crippen LogP contribution in [0, 0.1) is 18.8 Å². The van der Waals surface area contributed by atoms with Crippen LogP contribution >= 0.6 is 11.3 Å². The van der Waals surface area contributed by atoms with Crippen LogP contribution in [0.1, 0.15) is 39.3 Å². The summed E-state index contributed by atoms with van der Waals surface area (Å²) in [5.74, 6) is 0.551. The fraction of sp³-hybridized carbons (Fsp3) is 0.515. The molecule has 0 aliphatic carbocycles. The van der Waals surface area contributed by atoms with Crippen LogP contribution in [0.3, 0.4) is 0 Å². The first-order valence-electron chi connectivity index (χ1n) is 16.7. The first kappa shape index (κ1) is 31.8. The average Bonchev–Trinajstić information content (AvgIpc) is 3.86. The lowest BCUT2D eigenvalue weighted by molar-refractivity contribution is -0.0907. The van der Waals surface area contributed by atoms with Crippen molar-refractivity contribution < 1.29 is 49.5 Å². The highest BCUT2D eigenvalue weighted by Crippen LogP contribution is 2.35. The van der Waals surface area contributed by atoms with Crippen molar-refractivity contribution in [2.75, 3.05) is 33.1 Å². The number of aromatic nitrogens is 1. The summed E-state index contributed by atoms with van der Waals surface area (Å²) in [6.07, 6.45) is -5.65. The van der Waals surface area contributed by atoms with Crippen molar-refractivity contribution in [2.24, 2.45) is 11.8 Å². The molecule has 4 heterocycles. The number of benzene rings is 2. The smallest absolute Gasteiger partial charge is 0.407 e. The molecule has 2 aromatic carbocycles. The Morgan fingerprint density at radius 2 is 1.98 bits per heavy atom. The predicted octanol–water partition coefficient (Wildman–Crippen LogP) is 3.87. The van der Waals surface area contributed by atoms with Gasteiger partial charge in [0, 0.05) is 24.5 Å². The minimum Gasteiger partial charge on any atom is -0.487 e. The van der Waals surface area contributed by atoms with Crippen LogP contribution in [-0.4, -0.2) is 86.5 Å². The summed E-state index contributed by atoms with van der Waals surface area (Å²) < 4.78 is 80.0. The number of nitrogens with zero attached hydrogens (tertiary/aromatic N) is 2. The van der Waals surface area contributed by atoms with Gasteiger partial charge in [0.1, 0.15) is 18.4 Å². The lowest BCUT2D eigenvalue weighted by Gasteiger charge is -2.31. The Bertz CT molecular complexity index is 1780. The molecule has 13 nitrogen and oxygen atoms in total. The predicted molar refractivity (Wildman–Crippen MR) is 174 cm³/mol. The van der Waals surface area contributed by atoms with Gasteiger partial charge >= 0.3 is 6.09 Å². The Kier molecular flexibility index (Phi) is 9.91. The average molecular weight is 706 g/mol. The van der Waals surface area contributed by atoms with Gasteiger partial charge in [-0.3, -0.25) is 0 Å². The molecule has 0 radical (unpaired) electrons. The van der Waals surface area contributed by atoms with Crippen LogP contribution in [0.25, 0.3) is 0 Å². The molecule has 3 aliphatic heterocycles. The quantitative estimate of drug-likeness (QED) is 0.251. The molecule has 0 unspecified atom stereocenters. The zero-order valence-corrected chi connectivity index (χ0v) is 28.6. The van der Waals surface area contributed by atoms with Crippen molar-refractivity contribution in [3.63, 3.8) is 0 Å². The number of carbonyl (C=O) groups excluding carboxylic acids is 1. The standard InChI is InChI=1S/C33H41N3O10S2/c1-20(2)14-36(48(39,40)25-8-9-29-30(13-25)45-19-44-29)15-28(37)27(35-33(38)46-31-17-43-32-26(31)10-11-41-32)12-22-4-6-24(7-5-22)42-16-23-18-47-21(3)34-23/h4-9,13,18,20,26-28,31-32,37H,10-12,14-17,19H2,1-3H3,(H,35,38)/t26-,27-,28-,31-,32+/m0/s1/i28D,31D. The second-order valence-electron chi connectivity index (χ2n) is 12.2. The van der Waals surface area contributed by atoms with Crippen molar-refractivity contribution in [1.82, 2.24) is 14.6 Å². The van der Waals surface area contributed by atoms with E-state index >= 15 is 0 Å². The molecule has 2 fully saturated rings. The summed E-state index contributed by atoms with van der Waals surface area (Å²) in [6, 6.07) is 9.72. The van der Waals surface area contributed by atoms with Gasteiger partial charge in [0.15, 0.2) is 17.8 Å². The number of sulfonamides is 1. The normalized spacial score (nSPS) is 24.1. The number of rotatable bonds is 14. The Balaban J connectivity index is 1.23. The number of carbonyl (C=O) groups is 1. The highest BCUT2D eigenvalue weighted by molar-refractivity contribution is 7.89. The van der Waals surface area contributed by atoms with Crippen LogP contribution in [-0.2, 0) is 37.3 Å². The Labute approximate surface area is 286 Å². The second-order valence-corrected chi connectivity index (χ2v) is 15.2. The summed E-state index contributed by atoms with van der Waals surface area (Å²) >= 11 is 1.53. The molecule has 1 amide bonds. The summed E-state index contributed by atoms with van der Waals surface area (Å²) in [5.41, 5.74) is 1.41. The van der Waals surface area contributed by atoms with E-state index in [4.69, 9.17) is 31.2 Å². The third-order valence-electron chi connectivity index (χ3n) is 8.07. The number of thiazole rings is 1. The number of amides is 1. The molecular weight excluding hydrogens is 663 g/mol. The van der Waals surface area contributed by atoms with Crippen molar-refractivity contribution in [3.8, 4) is 17.2 Å². The molecule has 15 heteroatoms. The fourth-order valence-corrected chi connectivity index (χ4v) is 7.87. The summed E-state index contributed by atoms with van der Waals surface area (Å²) in [4.78, 5) is 17.7. The van der Waals surface area contributed by atoms with Gasteiger partial charge in [0.05, 0.1) is 49.6 Å². The van der Waals surface area contributed by atoms with E-state index in [9.17, 15) is 18.3 Å². The van der Waals surface area contributed by atoms with Gasteiger partial charge in [-0.15, -0.1) is 11.3 Å². The maximum atomic E-state index is 14.0. The first-order valence-corrected chi connectivity index (χ1v) is 18.0. The number of ether oxygens (including phenoxy) is 6. The first-order chi connectivity index (χ1) is 23.7. The van der Waals surface area contributed by atoms with E-state index in [0.717, 1.165) is 15.0 Å². The van der Waals surface area contributed by atoms with Gasteiger partial charge in [-0.25, -0.2) is 18.2 Å². The van der Waals surface area contributed by atoms with Crippen LogP contribution in [0.15, 0.2) is 52.7 Å². The molecule has 2 N–H and O–H groups in total. The number of hydrogen-bond acceptors (Lipinski definition) is 12. The van der Waals surface area contributed by atoms with Gasteiger partial charge in [-0.1, -0.05) is 26.0 Å². The van der Waals surface area contributed by atoms with E-state index in [1.54, 1.807) is 24.3 Å². The molecule has 3 aliphatic rings. The van der Waals surface area contributed by atoms with E-state index in [2.05, 4.69) is 10.3 Å². The number of alkyl carbamates (subject to hydrolysis) is 1. The molecule has 0 spiro atoms. The third kappa shape index (κ3) is 8.21. The zero-order valence-electron chi connectivity index (χ0n) is 28.9. The minimum absolute atomic E-state index is 0.0318. The van der Waals surface area contributed by atoms with Crippen LogP contribution in [0.2, 0.25) is 0 Å². The molecule has 48 heavy (non-hydrogen) atoms. The Hall–Kier alpha value is -3.47. The summed E-state index contributed by atoms with van der Waals surface area (Å²) in [5, 5.41) is 17.2. The molecule has 1 aromatic heterocycles. The number of nitrogens with one attached hydrogen (secondary N) is 1. The summed E-state index contributed by atoms with van der Waals surface area (Å²) in [6.45, 7) is 5.21. The monoisotopic (exact) mass is 705 g/mol. The molecular formula is C33H41N3O10S2. The van der Waals surface area contributed by atoms with Crippen molar-refractivity contribution in [3.05, 3.63) is 64.1 Å². The van der Waals surface area contributed by atoms with Crippen LogP contribution in [0.4, 0.5) is 4.79 Å². The Morgan fingerprint density at radius 1 is 1.19 bits per heavy atom. The largest absolute Gasteiger partial charge is 0.487 e. The number of aryl methyl sites for hydroxylation is 1. The number of fused-ring (bicyclic) bond motifs is 2. The summed E-state index contributed by atoms with van der Waals surface area (Å²) in [7, 11) is -4.26. The van der Waals surface area contributed by atoms with Gasteiger partial charge in [0.25, 0.3) is 0 Å². The lowest BCUT2D eigenvalue weighted by atomic mass is 10.0.